The standard InChI is InChI=1S/C14H23NO3/c16-12-6-1-4-10(12)11-5-2-8-15(11)14(17)13-7-3-9-18-13/h10-13,16H,1-9H2. The van der Waals surface area contributed by atoms with Gasteiger partial charge < -0.3 is 14.7 Å². The van der Waals surface area contributed by atoms with E-state index in [2.05, 4.69) is 0 Å². The van der Waals surface area contributed by atoms with Crippen LogP contribution in [0.4, 0.5) is 0 Å². The molecule has 2 saturated heterocycles. The van der Waals surface area contributed by atoms with E-state index in [1.54, 1.807) is 0 Å². The van der Waals surface area contributed by atoms with Crippen molar-refractivity contribution in [2.24, 2.45) is 5.92 Å². The molecule has 4 atom stereocenters. The van der Waals surface area contributed by atoms with Crippen molar-refractivity contribution >= 4 is 5.91 Å². The molecule has 0 spiro atoms. The molecule has 4 nitrogen and oxygen atoms in total. The predicted octanol–water partition coefficient (Wildman–Crippen LogP) is 1.32. The minimum atomic E-state index is -0.204. The first-order chi connectivity index (χ1) is 8.77. The van der Waals surface area contributed by atoms with E-state index in [4.69, 9.17) is 4.74 Å². The van der Waals surface area contributed by atoms with E-state index >= 15 is 0 Å². The monoisotopic (exact) mass is 253 g/mol. The van der Waals surface area contributed by atoms with Gasteiger partial charge in [0.1, 0.15) is 6.10 Å². The molecule has 3 fully saturated rings. The van der Waals surface area contributed by atoms with Gasteiger partial charge in [-0.25, -0.2) is 0 Å². The number of aliphatic hydroxyl groups excluding tert-OH is 1. The van der Waals surface area contributed by atoms with Crippen LogP contribution in [0.1, 0.15) is 44.9 Å². The molecule has 3 aliphatic rings. The zero-order valence-electron chi connectivity index (χ0n) is 10.9. The molecule has 4 heteroatoms. The molecule has 0 aromatic carbocycles. The first-order valence-electron chi connectivity index (χ1n) is 7.37. The molecular formula is C14H23NO3. The lowest BCUT2D eigenvalue weighted by molar-refractivity contribution is -0.143. The number of likely N-dealkylation sites (tertiary alicyclic amines) is 1. The molecule has 0 radical (unpaired) electrons. The van der Waals surface area contributed by atoms with E-state index in [1.165, 1.54) is 0 Å². The van der Waals surface area contributed by atoms with Crippen molar-refractivity contribution < 1.29 is 14.6 Å². The zero-order valence-corrected chi connectivity index (χ0v) is 10.9. The molecule has 4 unspecified atom stereocenters. The smallest absolute Gasteiger partial charge is 0.251 e. The Balaban J connectivity index is 1.68. The first-order valence-corrected chi connectivity index (χ1v) is 7.37. The fraction of sp³-hybridized carbons (Fsp3) is 0.929. The Morgan fingerprint density at radius 1 is 1.11 bits per heavy atom. The molecule has 0 aromatic rings. The Hall–Kier alpha value is -0.610. The number of amides is 1. The van der Waals surface area contributed by atoms with Crippen molar-refractivity contribution in [2.45, 2.75) is 63.2 Å². The minimum absolute atomic E-state index is 0.175. The maximum atomic E-state index is 12.4. The van der Waals surface area contributed by atoms with E-state index in [9.17, 15) is 9.90 Å². The van der Waals surface area contributed by atoms with Gasteiger partial charge in [-0.15, -0.1) is 0 Å². The molecule has 1 amide bonds. The van der Waals surface area contributed by atoms with Crippen molar-refractivity contribution in [1.82, 2.24) is 4.90 Å². The number of carbonyl (C=O) groups is 1. The molecule has 102 valence electrons. The molecular weight excluding hydrogens is 230 g/mol. The van der Waals surface area contributed by atoms with Crippen LogP contribution >= 0.6 is 0 Å². The maximum Gasteiger partial charge on any atom is 0.251 e. The number of rotatable bonds is 2. The van der Waals surface area contributed by atoms with Gasteiger partial charge in [0.05, 0.1) is 6.10 Å². The van der Waals surface area contributed by atoms with Gasteiger partial charge in [0, 0.05) is 25.1 Å². The molecule has 1 N–H and O–H groups in total. The lowest BCUT2D eigenvalue weighted by Gasteiger charge is -2.32. The van der Waals surface area contributed by atoms with E-state index in [-0.39, 0.29) is 24.2 Å². The summed E-state index contributed by atoms with van der Waals surface area (Å²) < 4.78 is 5.51. The molecule has 0 aromatic heterocycles. The second-order valence-corrected chi connectivity index (χ2v) is 5.90. The molecule has 3 rings (SSSR count). The van der Waals surface area contributed by atoms with Gasteiger partial charge in [-0.2, -0.15) is 0 Å². The quantitative estimate of drug-likeness (QED) is 0.807. The van der Waals surface area contributed by atoms with Crippen LogP contribution in [-0.4, -0.2) is 47.3 Å². The van der Waals surface area contributed by atoms with Crippen molar-refractivity contribution in [2.75, 3.05) is 13.2 Å². The second-order valence-electron chi connectivity index (χ2n) is 5.90. The normalized spacial score (nSPS) is 40.6. The summed E-state index contributed by atoms with van der Waals surface area (Å²) in [5.74, 6) is 0.479. The van der Waals surface area contributed by atoms with Crippen LogP contribution in [0.3, 0.4) is 0 Å². The number of carbonyl (C=O) groups excluding carboxylic acids is 1. The van der Waals surface area contributed by atoms with Gasteiger partial charge in [-0.1, -0.05) is 6.42 Å². The van der Waals surface area contributed by atoms with Crippen LogP contribution in [0.25, 0.3) is 0 Å². The third-order valence-electron chi connectivity index (χ3n) is 4.81. The lowest BCUT2D eigenvalue weighted by Crippen LogP contribution is -2.46. The van der Waals surface area contributed by atoms with Gasteiger partial charge >= 0.3 is 0 Å². The highest BCUT2D eigenvalue weighted by molar-refractivity contribution is 5.81. The zero-order chi connectivity index (χ0) is 12.5. The van der Waals surface area contributed by atoms with Gasteiger partial charge in [-0.3, -0.25) is 4.79 Å². The Bertz CT molecular complexity index is 314. The predicted molar refractivity (Wildman–Crippen MR) is 67.1 cm³/mol. The van der Waals surface area contributed by atoms with Crippen molar-refractivity contribution in [1.29, 1.82) is 0 Å². The highest BCUT2D eigenvalue weighted by Gasteiger charge is 2.42. The first kappa shape index (κ1) is 12.4. The molecule has 1 saturated carbocycles. The largest absolute Gasteiger partial charge is 0.393 e. The topological polar surface area (TPSA) is 49.8 Å². The molecule has 1 aliphatic carbocycles. The summed E-state index contributed by atoms with van der Waals surface area (Å²) in [5.41, 5.74) is 0. The Morgan fingerprint density at radius 3 is 2.67 bits per heavy atom. The summed E-state index contributed by atoms with van der Waals surface area (Å²) >= 11 is 0. The van der Waals surface area contributed by atoms with E-state index < -0.39 is 0 Å². The highest BCUT2D eigenvalue weighted by atomic mass is 16.5. The second kappa shape index (κ2) is 5.17. The van der Waals surface area contributed by atoms with Crippen LogP contribution in [0, 0.1) is 5.92 Å². The number of nitrogens with zero attached hydrogens (tertiary/aromatic N) is 1. The van der Waals surface area contributed by atoms with Crippen LogP contribution in [-0.2, 0) is 9.53 Å². The van der Waals surface area contributed by atoms with Crippen LogP contribution in [0.15, 0.2) is 0 Å². The number of hydrogen-bond donors (Lipinski definition) is 1. The third-order valence-corrected chi connectivity index (χ3v) is 4.81. The summed E-state index contributed by atoms with van der Waals surface area (Å²) in [4.78, 5) is 14.4. The van der Waals surface area contributed by atoms with Gasteiger partial charge in [-0.05, 0) is 38.5 Å². The van der Waals surface area contributed by atoms with Crippen molar-refractivity contribution in [3.8, 4) is 0 Å². The average Bonchev–Trinajstić information content (AvgIpc) is 3.09. The Morgan fingerprint density at radius 2 is 2.00 bits per heavy atom. The maximum absolute atomic E-state index is 12.4. The van der Waals surface area contributed by atoms with E-state index in [1.807, 2.05) is 4.90 Å². The van der Waals surface area contributed by atoms with Crippen LogP contribution < -0.4 is 0 Å². The minimum Gasteiger partial charge on any atom is -0.393 e. The SMILES string of the molecule is O=C(C1CCCO1)N1CCCC1C1CCCC1O. The van der Waals surface area contributed by atoms with E-state index in [0.717, 1.165) is 58.1 Å². The van der Waals surface area contributed by atoms with Crippen molar-refractivity contribution in [3.63, 3.8) is 0 Å². The average molecular weight is 253 g/mol. The third kappa shape index (κ3) is 2.16. The van der Waals surface area contributed by atoms with Gasteiger partial charge in [0.15, 0.2) is 0 Å². The fourth-order valence-electron chi connectivity index (χ4n) is 3.89. The molecule has 2 aliphatic heterocycles. The fourth-order valence-corrected chi connectivity index (χ4v) is 3.89. The summed E-state index contributed by atoms with van der Waals surface area (Å²) in [5, 5.41) is 10.0. The molecule has 18 heavy (non-hydrogen) atoms. The summed E-state index contributed by atoms with van der Waals surface area (Å²) in [6.07, 6.45) is 6.68. The summed E-state index contributed by atoms with van der Waals surface area (Å²) in [7, 11) is 0. The number of aliphatic hydroxyl groups is 1. The summed E-state index contributed by atoms with van der Waals surface area (Å²) in [6, 6.07) is 0.263. The molecule has 2 heterocycles. The van der Waals surface area contributed by atoms with E-state index in [0.29, 0.717) is 5.92 Å². The van der Waals surface area contributed by atoms with Crippen LogP contribution in [0.2, 0.25) is 0 Å². The molecule has 0 bridgehead atoms. The lowest BCUT2D eigenvalue weighted by atomic mass is 9.93. The Kier molecular flexibility index (Phi) is 3.57. The highest BCUT2D eigenvalue weighted by Crippen LogP contribution is 2.36. The van der Waals surface area contributed by atoms with Crippen molar-refractivity contribution in [3.05, 3.63) is 0 Å². The Labute approximate surface area is 108 Å². The van der Waals surface area contributed by atoms with Gasteiger partial charge in [0.25, 0.3) is 5.91 Å². The van der Waals surface area contributed by atoms with Gasteiger partial charge in [0.2, 0.25) is 0 Å². The summed E-state index contributed by atoms with van der Waals surface area (Å²) in [6.45, 7) is 1.58. The number of ether oxygens (including phenoxy) is 1. The number of hydrogen-bond acceptors (Lipinski definition) is 3. The van der Waals surface area contributed by atoms with Crippen LogP contribution in [0.5, 0.6) is 0 Å².